The minimum Gasteiger partial charge on any atom is -0.493 e. The number of aromatic nitrogens is 2. The van der Waals surface area contributed by atoms with Crippen LogP contribution in [0.1, 0.15) is 23.7 Å². The van der Waals surface area contributed by atoms with Crippen LogP contribution in [0.2, 0.25) is 0 Å². The lowest BCUT2D eigenvalue weighted by Gasteiger charge is -2.16. The van der Waals surface area contributed by atoms with Crippen LogP contribution in [0, 0.1) is 5.82 Å². The number of hydrogen-bond acceptors (Lipinski definition) is 5. The standard InChI is InChI=1S/C23H24FN3O4/c1-29-21-4-2-3-5-22(21)31-14-18-12-20(26-25-18)16-10-11-27(13-16)23(28)15-30-19-8-6-17(24)7-9-19/h2-9,12,16H,10-11,13-15H2,1H3,(H,25,26)/t16-/m0/s1. The van der Waals surface area contributed by atoms with Crippen LogP contribution in [-0.2, 0) is 11.4 Å². The highest BCUT2D eigenvalue weighted by Gasteiger charge is 2.29. The molecule has 0 radical (unpaired) electrons. The molecule has 1 aliphatic rings. The third-order valence-electron chi connectivity index (χ3n) is 5.24. The number of aromatic amines is 1. The van der Waals surface area contributed by atoms with Gasteiger partial charge >= 0.3 is 0 Å². The van der Waals surface area contributed by atoms with E-state index in [1.54, 1.807) is 12.0 Å². The maximum atomic E-state index is 13.0. The molecular weight excluding hydrogens is 401 g/mol. The number of benzene rings is 2. The second-order valence-corrected chi connectivity index (χ2v) is 7.33. The number of halogens is 1. The van der Waals surface area contributed by atoms with E-state index >= 15 is 0 Å². The number of carbonyl (C=O) groups excluding carboxylic acids is 1. The molecule has 1 saturated heterocycles. The zero-order chi connectivity index (χ0) is 21.6. The first-order valence-corrected chi connectivity index (χ1v) is 10.1. The minimum absolute atomic E-state index is 0.0725. The van der Waals surface area contributed by atoms with Crippen LogP contribution in [0.3, 0.4) is 0 Å². The van der Waals surface area contributed by atoms with E-state index in [2.05, 4.69) is 10.2 Å². The van der Waals surface area contributed by atoms with Gasteiger partial charge in [0.2, 0.25) is 0 Å². The highest BCUT2D eigenvalue weighted by atomic mass is 19.1. The molecule has 0 bridgehead atoms. The van der Waals surface area contributed by atoms with Gasteiger partial charge in [-0.1, -0.05) is 12.1 Å². The molecule has 2 aromatic carbocycles. The van der Waals surface area contributed by atoms with Crippen molar-refractivity contribution in [3.8, 4) is 17.2 Å². The second kappa shape index (κ2) is 9.51. The monoisotopic (exact) mass is 425 g/mol. The van der Waals surface area contributed by atoms with E-state index in [0.29, 0.717) is 36.9 Å². The third kappa shape index (κ3) is 5.14. The van der Waals surface area contributed by atoms with Crippen molar-refractivity contribution in [2.45, 2.75) is 18.9 Å². The molecule has 31 heavy (non-hydrogen) atoms. The van der Waals surface area contributed by atoms with Gasteiger partial charge in [0.15, 0.2) is 18.1 Å². The summed E-state index contributed by atoms with van der Waals surface area (Å²) in [6.45, 7) is 1.50. The largest absolute Gasteiger partial charge is 0.493 e. The smallest absolute Gasteiger partial charge is 0.260 e. The summed E-state index contributed by atoms with van der Waals surface area (Å²) in [5.41, 5.74) is 1.76. The molecule has 0 saturated carbocycles. The number of rotatable bonds is 8. The summed E-state index contributed by atoms with van der Waals surface area (Å²) in [7, 11) is 1.61. The Labute approximate surface area is 179 Å². The normalized spacial score (nSPS) is 15.7. The topological polar surface area (TPSA) is 76.7 Å². The van der Waals surface area contributed by atoms with Crippen molar-refractivity contribution in [1.29, 1.82) is 0 Å². The number of amides is 1. The Balaban J connectivity index is 1.27. The number of hydrogen-bond donors (Lipinski definition) is 1. The number of nitrogens with one attached hydrogen (secondary N) is 1. The predicted octanol–water partition coefficient (Wildman–Crippen LogP) is 3.53. The second-order valence-electron chi connectivity index (χ2n) is 7.33. The van der Waals surface area contributed by atoms with Gasteiger partial charge in [-0.15, -0.1) is 0 Å². The minimum atomic E-state index is -0.340. The average molecular weight is 425 g/mol. The van der Waals surface area contributed by atoms with Crippen molar-refractivity contribution in [2.75, 3.05) is 26.8 Å². The van der Waals surface area contributed by atoms with E-state index in [4.69, 9.17) is 14.2 Å². The van der Waals surface area contributed by atoms with E-state index in [1.807, 2.05) is 30.3 Å². The van der Waals surface area contributed by atoms with Crippen molar-refractivity contribution < 1.29 is 23.4 Å². The molecule has 1 aromatic heterocycles. The Bertz CT molecular complexity index is 1020. The van der Waals surface area contributed by atoms with Crippen LogP contribution in [-0.4, -0.2) is 47.8 Å². The van der Waals surface area contributed by atoms with Gasteiger partial charge in [-0.25, -0.2) is 4.39 Å². The van der Waals surface area contributed by atoms with Crippen molar-refractivity contribution in [3.05, 3.63) is 71.8 Å². The van der Waals surface area contributed by atoms with Crippen molar-refractivity contribution in [2.24, 2.45) is 0 Å². The number of carbonyl (C=O) groups is 1. The molecule has 0 unspecified atom stereocenters. The first kappa shape index (κ1) is 20.7. The molecule has 8 heteroatoms. The number of H-pyrrole nitrogens is 1. The summed E-state index contributed by atoms with van der Waals surface area (Å²) >= 11 is 0. The molecule has 4 rings (SSSR count). The van der Waals surface area contributed by atoms with Crippen LogP contribution in [0.4, 0.5) is 4.39 Å². The third-order valence-corrected chi connectivity index (χ3v) is 5.24. The number of para-hydroxylation sites is 2. The average Bonchev–Trinajstić information content (AvgIpc) is 3.47. The molecule has 1 N–H and O–H groups in total. The zero-order valence-electron chi connectivity index (χ0n) is 17.2. The van der Waals surface area contributed by atoms with Crippen LogP contribution in [0.5, 0.6) is 17.2 Å². The van der Waals surface area contributed by atoms with E-state index < -0.39 is 0 Å². The lowest BCUT2D eigenvalue weighted by atomic mass is 10.1. The molecular formula is C23H24FN3O4. The fourth-order valence-corrected chi connectivity index (χ4v) is 3.55. The number of nitrogens with zero attached hydrogens (tertiary/aromatic N) is 2. The Morgan fingerprint density at radius 2 is 1.94 bits per heavy atom. The molecule has 0 aliphatic carbocycles. The Hall–Kier alpha value is -3.55. The maximum Gasteiger partial charge on any atom is 0.260 e. The lowest BCUT2D eigenvalue weighted by Crippen LogP contribution is -2.32. The summed E-state index contributed by atoms with van der Waals surface area (Å²) in [4.78, 5) is 14.2. The van der Waals surface area contributed by atoms with E-state index in [1.165, 1.54) is 24.3 Å². The van der Waals surface area contributed by atoms with Gasteiger partial charge in [-0.05, 0) is 48.9 Å². The van der Waals surface area contributed by atoms with Crippen LogP contribution in [0.15, 0.2) is 54.6 Å². The highest BCUT2D eigenvalue weighted by molar-refractivity contribution is 5.78. The summed E-state index contributed by atoms with van der Waals surface area (Å²) in [5.74, 6) is 1.54. The van der Waals surface area contributed by atoms with Gasteiger partial charge in [0, 0.05) is 19.0 Å². The molecule has 3 aromatic rings. The molecule has 1 amide bonds. The van der Waals surface area contributed by atoms with E-state index in [0.717, 1.165) is 17.8 Å². The summed E-state index contributed by atoms with van der Waals surface area (Å²) in [6.07, 6.45) is 0.833. The zero-order valence-corrected chi connectivity index (χ0v) is 17.2. The van der Waals surface area contributed by atoms with Crippen molar-refractivity contribution in [3.63, 3.8) is 0 Å². The van der Waals surface area contributed by atoms with Gasteiger partial charge < -0.3 is 19.1 Å². The molecule has 1 fully saturated rings. The fraction of sp³-hybridized carbons (Fsp3) is 0.304. The summed E-state index contributed by atoms with van der Waals surface area (Å²) in [6, 6.07) is 15.1. The fourth-order valence-electron chi connectivity index (χ4n) is 3.55. The SMILES string of the molecule is COc1ccccc1OCc1cc([C@H]2CCN(C(=O)COc3ccc(F)cc3)C2)n[nH]1. The van der Waals surface area contributed by atoms with E-state index in [-0.39, 0.29) is 24.2 Å². The highest BCUT2D eigenvalue weighted by Crippen LogP contribution is 2.28. The summed E-state index contributed by atoms with van der Waals surface area (Å²) < 4.78 is 29.5. The van der Waals surface area contributed by atoms with E-state index in [9.17, 15) is 9.18 Å². The van der Waals surface area contributed by atoms with Crippen molar-refractivity contribution in [1.82, 2.24) is 15.1 Å². The Kier molecular flexibility index (Phi) is 6.35. The molecule has 1 atom stereocenters. The van der Waals surface area contributed by atoms with Gasteiger partial charge in [0.25, 0.3) is 5.91 Å². The van der Waals surface area contributed by atoms with Crippen molar-refractivity contribution >= 4 is 5.91 Å². The van der Waals surface area contributed by atoms with Gasteiger partial charge in [-0.3, -0.25) is 9.89 Å². The number of methoxy groups -OCH3 is 1. The maximum absolute atomic E-state index is 13.0. The molecule has 162 valence electrons. The van der Waals surface area contributed by atoms with Gasteiger partial charge in [0.1, 0.15) is 18.2 Å². The molecule has 2 heterocycles. The van der Waals surface area contributed by atoms with Gasteiger partial charge in [-0.2, -0.15) is 5.10 Å². The number of likely N-dealkylation sites (tertiary alicyclic amines) is 1. The lowest BCUT2D eigenvalue weighted by molar-refractivity contribution is -0.132. The molecule has 7 nitrogen and oxygen atoms in total. The van der Waals surface area contributed by atoms with Crippen LogP contribution in [0.25, 0.3) is 0 Å². The molecule has 0 spiro atoms. The van der Waals surface area contributed by atoms with Crippen LogP contribution >= 0.6 is 0 Å². The first-order chi connectivity index (χ1) is 15.1. The first-order valence-electron chi connectivity index (χ1n) is 10.1. The van der Waals surface area contributed by atoms with Gasteiger partial charge in [0.05, 0.1) is 18.5 Å². The Morgan fingerprint density at radius 1 is 1.16 bits per heavy atom. The van der Waals surface area contributed by atoms with Crippen LogP contribution < -0.4 is 14.2 Å². The Morgan fingerprint density at radius 3 is 2.71 bits per heavy atom. The quantitative estimate of drug-likeness (QED) is 0.598. The molecule has 1 aliphatic heterocycles. The number of ether oxygens (including phenoxy) is 3. The summed E-state index contributed by atoms with van der Waals surface area (Å²) in [5, 5.41) is 7.42. The predicted molar refractivity (Wildman–Crippen MR) is 112 cm³/mol.